The molecule has 1 heterocycles. The Morgan fingerprint density at radius 1 is 1.38 bits per heavy atom. The Hall–Kier alpha value is -1.85. The molecule has 3 aliphatic rings. The summed E-state index contributed by atoms with van der Waals surface area (Å²) in [6.45, 7) is 5.61. The van der Waals surface area contributed by atoms with Crippen LogP contribution in [0.15, 0.2) is 24.8 Å². The van der Waals surface area contributed by atoms with E-state index in [-0.39, 0.29) is 17.6 Å². The fourth-order valence-electron chi connectivity index (χ4n) is 5.97. The molecule has 26 heavy (non-hydrogen) atoms. The van der Waals surface area contributed by atoms with Gasteiger partial charge >= 0.3 is 0 Å². The first-order valence-corrected chi connectivity index (χ1v) is 9.34. The zero-order valence-electron chi connectivity index (χ0n) is 15.6. The first-order chi connectivity index (χ1) is 12.5. The minimum atomic E-state index is -0.448. The standard InChI is InChI=1S/C21H27NO4/c1-4-10-22-11-9-20-13-15(23)7-8-21(20,26-3)17(22)12-14-5-6-16(24)19(25-2)18(14)20/h4-6,17,24H,1,7-13H2,2-3H3/t17-,20+,21+/m0/s1. The van der Waals surface area contributed by atoms with Gasteiger partial charge in [0.1, 0.15) is 5.78 Å². The lowest BCUT2D eigenvalue weighted by molar-refractivity contribution is -0.186. The van der Waals surface area contributed by atoms with Gasteiger partial charge in [0.15, 0.2) is 11.5 Å². The van der Waals surface area contributed by atoms with Crippen LogP contribution in [-0.2, 0) is 21.4 Å². The van der Waals surface area contributed by atoms with Gasteiger partial charge in [0.25, 0.3) is 0 Å². The van der Waals surface area contributed by atoms with Crippen LogP contribution in [0.4, 0.5) is 0 Å². The van der Waals surface area contributed by atoms with E-state index < -0.39 is 11.0 Å². The second-order valence-electron chi connectivity index (χ2n) is 7.80. The van der Waals surface area contributed by atoms with Gasteiger partial charge in [-0.25, -0.2) is 0 Å². The van der Waals surface area contributed by atoms with Gasteiger partial charge < -0.3 is 14.6 Å². The number of piperidine rings is 1. The zero-order chi connectivity index (χ0) is 18.5. The van der Waals surface area contributed by atoms with Crippen LogP contribution in [-0.4, -0.2) is 54.7 Å². The molecule has 2 fully saturated rings. The van der Waals surface area contributed by atoms with Crippen molar-refractivity contribution in [3.05, 3.63) is 35.9 Å². The van der Waals surface area contributed by atoms with Crippen LogP contribution in [0.1, 0.15) is 36.8 Å². The summed E-state index contributed by atoms with van der Waals surface area (Å²) in [5.41, 5.74) is 1.25. The Bertz CT molecular complexity index is 761. The number of fused-ring (bicyclic) bond motifs is 1. The summed E-state index contributed by atoms with van der Waals surface area (Å²) in [7, 11) is 3.36. The summed E-state index contributed by atoms with van der Waals surface area (Å²) in [6.07, 6.45) is 5.28. The predicted molar refractivity (Wildman–Crippen MR) is 98.8 cm³/mol. The van der Waals surface area contributed by atoms with Crippen molar-refractivity contribution in [3.63, 3.8) is 0 Å². The van der Waals surface area contributed by atoms with Gasteiger partial charge in [-0.1, -0.05) is 12.1 Å². The molecule has 140 valence electrons. The van der Waals surface area contributed by atoms with Gasteiger partial charge in [0.2, 0.25) is 0 Å². The molecule has 4 rings (SSSR count). The van der Waals surface area contributed by atoms with Crippen molar-refractivity contribution in [2.75, 3.05) is 27.3 Å². The summed E-state index contributed by atoms with van der Waals surface area (Å²) in [5.74, 6) is 0.914. The number of carbonyl (C=O) groups is 1. The number of benzene rings is 1. The maximum atomic E-state index is 12.6. The number of ether oxygens (including phenoxy) is 2. The number of nitrogens with zero attached hydrogens (tertiary/aromatic N) is 1. The van der Waals surface area contributed by atoms with Gasteiger partial charge in [-0.15, -0.1) is 6.58 Å². The monoisotopic (exact) mass is 357 g/mol. The Balaban J connectivity index is 2.00. The van der Waals surface area contributed by atoms with Gasteiger partial charge in [0.05, 0.1) is 12.7 Å². The molecule has 2 bridgehead atoms. The van der Waals surface area contributed by atoms with E-state index in [1.54, 1.807) is 20.3 Å². The Morgan fingerprint density at radius 2 is 2.19 bits per heavy atom. The maximum absolute atomic E-state index is 12.6. The van der Waals surface area contributed by atoms with Crippen molar-refractivity contribution in [1.82, 2.24) is 4.90 Å². The minimum Gasteiger partial charge on any atom is -0.504 e. The lowest BCUT2D eigenvalue weighted by Crippen LogP contribution is -2.73. The topological polar surface area (TPSA) is 59.0 Å². The summed E-state index contributed by atoms with van der Waals surface area (Å²) in [5, 5.41) is 10.4. The summed E-state index contributed by atoms with van der Waals surface area (Å²) < 4.78 is 11.9. The number of hydrogen-bond acceptors (Lipinski definition) is 5. The Labute approximate surface area is 154 Å². The van der Waals surface area contributed by atoms with Gasteiger partial charge in [0, 0.05) is 43.5 Å². The number of ketones is 1. The van der Waals surface area contributed by atoms with E-state index in [0.717, 1.165) is 37.1 Å². The number of Topliss-reactive ketones (excluding diaryl/α,β-unsaturated/α-hetero) is 1. The van der Waals surface area contributed by atoms with Crippen LogP contribution in [0.5, 0.6) is 11.5 Å². The van der Waals surface area contributed by atoms with E-state index in [4.69, 9.17) is 9.47 Å². The molecule has 0 unspecified atom stereocenters. The number of hydrogen-bond donors (Lipinski definition) is 1. The van der Waals surface area contributed by atoms with Gasteiger partial charge in [-0.3, -0.25) is 9.69 Å². The number of rotatable bonds is 4. The zero-order valence-corrected chi connectivity index (χ0v) is 15.6. The lowest BCUT2D eigenvalue weighted by atomic mass is 9.49. The van der Waals surface area contributed by atoms with Crippen molar-refractivity contribution in [2.24, 2.45) is 0 Å². The third kappa shape index (κ3) is 2.07. The van der Waals surface area contributed by atoms with Crippen LogP contribution < -0.4 is 4.74 Å². The third-order valence-corrected chi connectivity index (χ3v) is 6.94. The molecular weight excluding hydrogens is 330 g/mol. The maximum Gasteiger partial charge on any atom is 0.164 e. The molecule has 1 N–H and O–H groups in total. The van der Waals surface area contributed by atoms with E-state index in [1.807, 2.05) is 12.1 Å². The van der Waals surface area contributed by atoms with Crippen molar-refractivity contribution in [3.8, 4) is 11.5 Å². The molecule has 5 nitrogen and oxygen atoms in total. The SMILES string of the molecule is C=CCN1CC[C@]23CC(=O)CC[C@@]2(OC)[C@@H]1Cc1ccc(O)c(OC)c13. The molecule has 3 atom stereocenters. The normalized spacial score (nSPS) is 33.3. The molecule has 2 aliphatic carbocycles. The molecule has 5 heteroatoms. The van der Waals surface area contributed by atoms with E-state index in [9.17, 15) is 9.90 Å². The van der Waals surface area contributed by atoms with Crippen LogP contribution >= 0.6 is 0 Å². The van der Waals surface area contributed by atoms with Crippen LogP contribution in [0, 0.1) is 0 Å². The molecule has 0 radical (unpaired) electrons. The molecule has 1 aliphatic heterocycles. The quantitative estimate of drug-likeness (QED) is 0.840. The highest BCUT2D eigenvalue weighted by Crippen LogP contribution is 2.61. The van der Waals surface area contributed by atoms with Gasteiger partial charge in [-0.2, -0.15) is 0 Å². The number of methoxy groups -OCH3 is 2. The van der Waals surface area contributed by atoms with Crippen LogP contribution in [0.2, 0.25) is 0 Å². The highest BCUT2D eigenvalue weighted by Gasteiger charge is 2.66. The Morgan fingerprint density at radius 3 is 2.88 bits per heavy atom. The molecule has 0 amide bonds. The van der Waals surface area contributed by atoms with Crippen molar-refractivity contribution in [2.45, 2.75) is 49.2 Å². The van der Waals surface area contributed by atoms with Crippen LogP contribution in [0.3, 0.4) is 0 Å². The fraction of sp³-hybridized carbons (Fsp3) is 0.571. The molecule has 0 aromatic heterocycles. The summed E-state index contributed by atoms with van der Waals surface area (Å²) in [4.78, 5) is 15.0. The second kappa shape index (κ2) is 6.10. The highest BCUT2D eigenvalue weighted by molar-refractivity contribution is 5.83. The lowest BCUT2D eigenvalue weighted by Gasteiger charge is -2.64. The third-order valence-electron chi connectivity index (χ3n) is 6.94. The van der Waals surface area contributed by atoms with Crippen molar-refractivity contribution < 1.29 is 19.4 Å². The first kappa shape index (κ1) is 17.6. The summed E-state index contributed by atoms with van der Waals surface area (Å²) in [6, 6.07) is 3.87. The van der Waals surface area contributed by atoms with E-state index in [2.05, 4.69) is 11.5 Å². The van der Waals surface area contributed by atoms with Crippen LogP contribution in [0.25, 0.3) is 0 Å². The molecule has 1 saturated heterocycles. The first-order valence-electron chi connectivity index (χ1n) is 9.34. The number of aromatic hydroxyl groups is 1. The summed E-state index contributed by atoms with van der Waals surface area (Å²) >= 11 is 0. The molecule has 1 saturated carbocycles. The average Bonchev–Trinajstić information content (AvgIpc) is 2.64. The van der Waals surface area contributed by atoms with Crippen molar-refractivity contribution in [1.29, 1.82) is 0 Å². The highest BCUT2D eigenvalue weighted by atomic mass is 16.5. The Kier molecular flexibility index (Phi) is 4.12. The smallest absolute Gasteiger partial charge is 0.164 e. The van der Waals surface area contributed by atoms with Crippen molar-refractivity contribution >= 4 is 5.78 Å². The average molecular weight is 357 g/mol. The fourth-order valence-corrected chi connectivity index (χ4v) is 5.97. The largest absolute Gasteiger partial charge is 0.504 e. The molecule has 1 aromatic carbocycles. The van der Waals surface area contributed by atoms with E-state index >= 15 is 0 Å². The second-order valence-corrected chi connectivity index (χ2v) is 7.80. The van der Waals surface area contributed by atoms with E-state index in [1.165, 1.54) is 0 Å². The van der Waals surface area contributed by atoms with E-state index in [0.29, 0.717) is 25.0 Å². The number of carbonyl (C=O) groups excluding carboxylic acids is 1. The number of phenols is 1. The molecule has 0 spiro atoms. The number of likely N-dealkylation sites (tertiary alicyclic amines) is 1. The minimum absolute atomic E-state index is 0.135. The molecular formula is C21H27NO4. The van der Waals surface area contributed by atoms with Gasteiger partial charge in [-0.05, 0) is 37.4 Å². The molecule has 1 aromatic rings. The number of phenolic OH excluding ortho intramolecular Hbond substituents is 1. The predicted octanol–water partition coefficient (Wildman–Crippen LogP) is 2.59.